The van der Waals surface area contributed by atoms with Crippen LogP contribution in [0, 0.1) is 11.3 Å². The van der Waals surface area contributed by atoms with Gasteiger partial charge in [0.1, 0.15) is 5.75 Å². The number of hydrogen-bond donors (Lipinski definition) is 1. The lowest BCUT2D eigenvalue weighted by atomic mass is 10.2. The lowest BCUT2D eigenvalue weighted by molar-refractivity contribution is 0.596. The lowest BCUT2D eigenvalue weighted by Gasteiger charge is -1.97. The maximum absolute atomic E-state index is 10.7. The van der Waals surface area contributed by atoms with Crippen molar-refractivity contribution in [2.24, 2.45) is 5.14 Å². The van der Waals surface area contributed by atoms with Crippen molar-refractivity contribution in [1.29, 1.82) is 5.26 Å². The Labute approximate surface area is 75.9 Å². The van der Waals surface area contributed by atoms with Gasteiger partial charge in [0.15, 0.2) is 0 Å². The quantitative estimate of drug-likeness (QED) is 0.706. The molecule has 0 spiro atoms. The van der Waals surface area contributed by atoms with Crippen molar-refractivity contribution < 1.29 is 8.42 Å². The topological polar surface area (TPSA) is 96.8 Å². The average Bonchev–Trinajstić information content (AvgIpc) is 2.01. The van der Waals surface area contributed by atoms with Gasteiger partial charge < -0.3 is 0 Å². The Bertz CT molecular complexity index is 447. The van der Waals surface area contributed by atoms with Crippen LogP contribution in [0.2, 0.25) is 0 Å². The molecule has 0 radical (unpaired) electrons. The van der Waals surface area contributed by atoms with Gasteiger partial charge in [0, 0.05) is 6.20 Å². The van der Waals surface area contributed by atoms with E-state index in [-0.39, 0.29) is 11.4 Å². The molecule has 1 heterocycles. The Hall–Kier alpha value is -1.45. The zero-order valence-electron chi connectivity index (χ0n) is 6.64. The molecule has 0 saturated heterocycles. The molecule has 0 aliphatic carbocycles. The average molecular weight is 197 g/mol. The molecule has 0 saturated carbocycles. The summed E-state index contributed by atoms with van der Waals surface area (Å²) >= 11 is 0. The van der Waals surface area contributed by atoms with Crippen molar-refractivity contribution in [2.75, 3.05) is 0 Å². The van der Waals surface area contributed by atoms with E-state index in [1.807, 2.05) is 6.07 Å². The molecule has 5 nitrogen and oxygen atoms in total. The summed E-state index contributed by atoms with van der Waals surface area (Å²) in [7, 11) is -3.57. The Morgan fingerprint density at radius 2 is 2.31 bits per heavy atom. The summed E-state index contributed by atoms with van der Waals surface area (Å²) in [6.07, 6.45) is 1.37. The van der Waals surface area contributed by atoms with Crippen molar-refractivity contribution in [1.82, 2.24) is 4.98 Å². The van der Waals surface area contributed by atoms with Crippen molar-refractivity contribution in [3.63, 3.8) is 0 Å². The van der Waals surface area contributed by atoms with Gasteiger partial charge >= 0.3 is 0 Å². The van der Waals surface area contributed by atoms with Crippen LogP contribution in [0.25, 0.3) is 0 Å². The number of pyridine rings is 1. The molecular weight excluding hydrogens is 190 g/mol. The predicted molar refractivity (Wildman–Crippen MR) is 45.8 cm³/mol. The highest BCUT2D eigenvalue weighted by molar-refractivity contribution is 7.88. The van der Waals surface area contributed by atoms with Crippen LogP contribution in [-0.4, -0.2) is 13.4 Å². The largest absolute Gasteiger partial charge is 0.260 e. The smallest absolute Gasteiger partial charge is 0.214 e. The van der Waals surface area contributed by atoms with E-state index in [0.29, 0.717) is 5.56 Å². The molecular formula is C7H7N3O2S. The van der Waals surface area contributed by atoms with Crippen molar-refractivity contribution >= 4 is 10.0 Å². The minimum atomic E-state index is -3.57. The summed E-state index contributed by atoms with van der Waals surface area (Å²) in [6.45, 7) is 0. The van der Waals surface area contributed by atoms with Gasteiger partial charge in [-0.1, -0.05) is 0 Å². The molecule has 0 aliphatic heterocycles. The third-order valence-corrected chi connectivity index (χ3v) is 1.99. The fourth-order valence-corrected chi connectivity index (χ4v) is 1.40. The molecule has 6 heteroatoms. The second-order valence-electron chi connectivity index (χ2n) is 2.45. The number of nitrogens with zero attached hydrogens (tertiary/aromatic N) is 2. The first-order chi connectivity index (χ1) is 6.01. The third kappa shape index (κ3) is 3.19. The highest BCUT2D eigenvalue weighted by Gasteiger charge is 2.06. The van der Waals surface area contributed by atoms with Crippen molar-refractivity contribution in [3.05, 3.63) is 29.6 Å². The molecule has 13 heavy (non-hydrogen) atoms. The number of sulfonamides is 1. The highest BCUT2D eigenvalue weighted by atomic mass is 32.2. The number of aromatic nitrogens is 1. The summed E-state index contributed by atoms with van der Waals surface area (Å²) in [5.74, 6) is -0.345. The molecule has 0 atom stereocenters. The molecule has 68 valence electrons. The van der Waals surface area contributed by atoms with Gasteiger partial charge in [0.2, 0.25) is 10.0 Å². The maximum Gasteiger partial charge on any atom is 0.214 e. The number of hydrogen-bond acceptors (Lipinski definition) is 4. The number of nitriles is 1. The standard InChI is InChI=1S/C7H7N3O2S/c8-4-6-1-2-10-7(3-6)5-13(9,11)12/h1-3H,5H2,(H2,9,11,12). The number of nitrogens with two attached hydrogens (primary N) is 1. The van der Waals surface area contributed by atoms with E-state index < -0.39 is 10.0 Å². The molecule has 2 N–H and O–H groups in total. The van der Waals surface area contributed by atoms with E-state index in [9.17, 15) is 8.42 Å². The fraction of sp³-hybridized carbons (Fsp3) is 0.143. The molecule has 0 bridgehead atoms. The van der Waals surface area contributed by atoms with Gasteiger partial charge in [-0.05, 0) is 12.1 Å². The Morgan fingerprint density at radius 3 is 2.85 bits per heavy atom. The molecule has 0 aliphatic rings. The zero-order valence-corrected chi connectivity index (χ0v) is 7.45. The van der Waals surface area contributed by atoms with E-state index in [1.54, 1.807) is 0 Å². The maximum atomic E-state index is 10.7. The Morgan fingerprint density at radius 1 is 1.62 bits per heavy atom. The number of rotatable bonds is 2. The van der Waals surface area contributed by atoms with Crippen LogP contribution >= 0.6 is 0 Å². The molecule has 1 aromatic heterocycles. The highest BCUT2D eigenvalue weighted by Crippen LogP contribution is 2.02. The van der Waals surface area contributed by atoms with E-state index in [0.717, 1.165) is 0 Å². The molecule has 1 rings (SSSR count). The SMILES string of the molecule is N#Cc1ccnc(CS(N)(=O)=O)c1. The second kappa shape index (κ2) is 3.51. The van der Waals surface area contributed by atoms with Crippen molar-refractivity contribution in [2.45, 2.75) is 5.75 Å². The first-order valence-electron chi connectivity index (χ1n) is 3.37. The third-order valence-electron chi connectivity index (χ3n) is 1.29. The summed E-state index contributed by atoms with van der Waals surface area (Å²) in [5.41, 5.74) is 0.648. The molecule has 0 amide bonds. The first kappa shape index (κ1) is 9.64. The summed E-state index contributed by atoms with van der Waals surface area (Å²) < 4.78 is 21.3. The summed E-state index contributed by atoms with van der Waals surface area (Å²) in [4.78, 5) is 3.76. The van der Waals surface area contributed by atoms with E-state index >= 15 is 0 Å². The van der Waals surface area contributed by atoms with E-state index in [4.69, 9.17) is 10.4 Å². The van der Waals surface area contributed by atoms with E-state index in [1.165, 1.54) is 18.3 Å². The minimum absolute atomic E-state index is 0.279. The summed E-state index contributed by atoms with van der Waals surface area (Å²) in [5, 5.41) is 13.3. The molecule has 1 aromatic rings. The fourth-order valence-electron chi connectivity index (χ4n) is 0.833. The number of primary sulfonamides is 1. The monoisotopic (exact) mass is 197 g/mol. The van der Waals surface area contributed by atoms with Gasteiger partial charge in [-0.15, -0.1) is 0 Å². The van der Waals surface area contributed by atoms with Gasteiger partial charge in [-0.25, -0.2) is 13.6 Å². The van der Waals surface area contributed by atoms with Crippen LogP contribution in [0.5, 0.6) is 0 Å². The molecule has 0 aromatic carbocycles. The van der Waals surface area contributed by atoms with Crippen LogP contribution < -0.4 is 5.14 Å². The van der Waals surface area contributed by atoms with Crippen molar-refractivity contribution in [3.8, 4) is 6.07 Å². The Balaban J connectivity index is 2.99. The van der Waals surface area contributed by atoms with Gasteiger partial charge in [-0.2, -0.15) is 5.26 Å². The summed E-state index contributed by atoms with van der Waals surface area (Å²) in [6, 6.07) is 4.76. The minimum Gasteiger partial charge on any atom is -0.260 e. The second-order valence-corrected chi connectivity index (χ2v) is 4.07. The van der Waals surface area contributed by atoms with Gasteiger partial charge in [0.25, 0.3) is 0 Å². The molecule has 0 fully saturated rings. The van der Waals surface area contributed by atoms with Crippen LogP contribution in [0.4, 0.5) is 0 Å². The normalized spacial score (nSPS) is 10.8. The lowest BCUT2D eigenvalue weighted by Crippen LogP contribution is -2.15. The van der Waals surface area contributed by atoms with Crippen LogP contribution in [0.15, 0.2) is 18.3 Å². The van der Waals surface area contributed by atoms with Crippen LogP contribution in [0.1, 0.15) is 11.3 Å². The van der Waals surface area contributed by atoms with Gasteiger partial charge in [0.05, 0.1) is 17.3 Å². The first-order valence-corrected chi connectivity index (χ1v) is 5.08. The van der Waals surface area contributed by atoms with E-state index in [2.05, 4.69) is 4.98 Å². The van der Waals surface area contributed by atoms with Crippen LogP contribution in [0.3, 0.4) is 0 Å². The predicted octanol–water partition coefficient (Wildman–Crippen LogP) is -0.258. The molecule has 0 unspecified atom stereocenters. The van der Waals surface area contributed by atoms with Gasteiger partial charge in [-0.3, -0.25) is 4.98 Å². The zero-order chi connectivity index (χ0) is 9.90. The van der Waals surface area contributed by atoms with Crippen LogP contribution in [-0.2, 0) is 15.8 Å². The Kier molecular flexibility index (Phi) is 2.60.